The van der Waals surface area contributed by atoms with Gasteiger partial charge in [0.25, 0.3) is 0 Å². The molecule has 0 atom stereocenters. The molecule has 116 valence electrons. The topological polar surface area (TPSA) is 52.6 Å². The second-order valence-electron chi connectivity index (χ2n) is 4.99. The number of ether oxygens (including phenoxy) is 2. The average molecular weight is 373 g/mol. The third-order valence-corrected chi connectivity index (χ3v) is 4.14. The van der Waals surface area contributed by atoms with Crippen molar-refractivity contribution in [3.05, 3.63) is 63.1 Å². The van der Waals surface area contributed by atoms with Gasteiger partial charge in [0.15, 0.2) is 23.1 Å². The highest BCUT2D eigenvalue weighted by Gasteiger charge is 2.32. The van der Waals surface area contributed by atoms with Gasteiger partial charge < -0.3 is 9.47 Å². The summed E-state index contributed by atoms with van der Waals surface area (Å²) in [4.78, 5) is 25.0. The number of benzene rings is 2. The molecule has 0 saturated carbocycles. The smallest absolute Gasteiger partial charge is 0.197 e. The normalized spacial score (nSPS) is 13.1. The van der Waals surface area contributed by atoms with Gasteiger partial charge in [-0.2, -0.15) is 0 Å². The highest BCUT2D eigenvalue weighted by atomic mass is 79.9. The van der Waals surface area contributed by atoms with Crippen molar-refractivity contribution in [2.45, 2.75) is 0 Å². The Labute approximate surface area is 141 Å². The SMILES string of the molecule is COc1cc(Br)cc(C=C2C(=O)c3ccccc3C2=O)c1OC. The molecule has 0 radical (unpaired) electrons. The standard InChI is InChI=1S/C18H13BrO4/c1-22-15-9-11(19)7-10(18(15)23-2)8-14-16(20)12-5-3-4-6-13(12)17(14)21/h3-9H,1-2H3. The summed E-state index contributed by atoms with van der Waals surface area (Å²) in [5.41, 5.74) is 1.60. The monoisotopic (exact) mass is 372 g/mol. The Bertz CT molecular complexity index is 815. The van der Waals surface area contributed by atoms with E-state index in [9.17, 15) is 9.59 Å². The van der Waals surface area contributed by atoms with Crippen molar-refractivity contribution >= 4 is 33.6 Å². The van der Waals surface area contributed by atoms with Crippen molar-refractivity contribution in [1.82, 2.24) is 0 Å². The first-order valence-electron chi connectivity index (χ1n) is 6.88. The van der Waals surface area contributed by atoms with Crippen LogP contribution in [0.1, 0.15) is 26.3 Å². The first-order valence-corrected chi connectivity index (χ1v) is 7.67. The van der Waals surface area contributed by atoms with Gasteiger partial charge in [-0.25, -0.2) is 0 Å². The first-order chi connectivity index (χ1) is 11.1. The highest BCUT2D eigenvalue weighted by Crippen LogP contribution is 2.37. The van der Waals surface area contributed by atoms with E-state index in [4.69, 9.17) is 9.47 Å². The zero-order valence-corrected chi connectivity index (χ0v) is 14.1. The molecule has 0 amide bonds. The van der Waals surface area contributed by atoms with Crippen molar-refractivity contribution in [1.29, 1.82) is 0 Å². The number of ketones is 2. The number of hydrogen-bond donors (Lipinski definition) is 0. The molecular formula is C18H13BrO4. The third kappa shape index (κ3) is 2.57. The number of carbonyl (C=O) groups excluding carboxylic acids is 2. The number of rotatable bonds is 3. The minimum absolute atomic E-state index is 0.129. The van der Waals surface area contributed by atoms with Crippen molar-refractivity contribution < 1.29 is 19.1 Å². The van der Waals surface area contributed by atoms with Crippen molar-refractivity contribution in [2.75, 3.05) is 14.2 Å². The molecule has 0 aromatic heterocycles. The second kappa shape index (κ2) is 6.01. The summed E-state index contributed by atoms with van der Waals surface area (Å²) in [7, 11) is 3.05. The van der Waals surface area contributed by atoms with Gasteiger partial charge in [-0.3, -0.25) is 9.59 Å². The Hall–Kier alpha value is -2.40. The summed E-state index contributed by atoms with van der Waals surface area (Å²) in [6.07, 6.45) is 1.55. The van der Waals surface area contributed by atoms with Gasteiger partial charge in [-0.15, -0.1) is 0 Å². The molecule has 2 aromatic rings. The van der Waals surface area contributed by atoms with Crippen LogP contribution in [0.25, 0.3) is 6.08 Å². The number of Topliss-reactive ketones (excluding diaryl/α,β-unsaturated/α-hetero) is 2. The van der Waals surface area contributed by atoms with Crippen LogP contribution in [-0.2, 0) is 0 Å². The third-order valence-electron chi connectivity index (χ3n) is 3.68. The van der Waals surface area contributed by atoms with E-state index >= 15 is 0 Å². The Morgan fingerprint density at radius 1 is 0.957 bits per heavy atom. The molecule has 23 heavy (non-hydrogen) atoms. The molecule has 0 heterocycles. The Morgan fingerprint density at radius 2 is 1.57 bits per heavy atom. The van der Waals surface area contributed by atoms with Crippen LogP contribution in [0, 0.1) is 0 Å². The Balaban J connectivity index is 2.16. The zero-order chi connectivity index (χ0) is 16.6. The summed E-state index contributed by atoms with van der Waals surface area (Å²) >= 11 is 3.39. The number of allylic oxidation sites excluding steroid dienone is 1. The van der Waals surface area contributed by atoms with E-state index in [-0.39, 0.29) is 17.1 Å². The number of carbonyl (C=O) groups is 2. The molecular weight excluding hydrogens is 360 g/mol. The van der Waals surface area contributed by atoms with E-state index in [0.717, 1.165) is 4.47 Å². The van der Waals surface area contributed by atoms with Crippen LogP contribution in [0.4, 0.5) is 0 Å². The van der Waals surface area contributed by atoms with Crippen LogP contribution in [0.5, 0.6) is 11.5 Å². The van der Waals surface area contributed by atoms with E-state index in [2.05, 4.69) is 15.9 Å². The lowest BCUT2D eigenvalue weighted by Gasteiger charge is -2.11. The lowest BCUT2D eigenvalue weighted by molar-refractivity contribution is 0.0990. The van der Waals surface area contributed by atoms with Crippen LogP contribution in [-0.4, -0.2) is 25.8 Å². The molecule has 1 aliphatic carbocycles. The van der Waals surface area contributed by atoms with Gasteiger partial charge in [0, 0.05) is 21.2 Å². The quantitative estimate of drug-likeness (QED) is 0.604. The van der Waals surface area contributed by atoms with Crippen LogP contribution >= 0.6 is 15.9 Å². The first kappa shape index (κ1) is 15.5. The fourth-order valence-corrected chi connectivity index (χ4v) is 3.08. The van der Waals surface area contributed by atoms with Gasteiger partial charge in [0.05, 0.1) is 19.8 Å². The fraction of sp³-hybridized carbons (Fsp3) is 0.111. The zero-order valence-electron chi connectivity index (χ0n) is 12.6. The molecule has 3 rings (SSSR count). The van der Waals surface area contributed by atoms with Crippen LogP contribution < -0.4 is 9.47 Å². The number of methoxy groups -OCH3 is 2. The van der Waals surface area contributed by atoms with Crippen LogP contribution in [0.2, 0.25) is 0 Å². The van der Waals surface area contributed by atoms with E-state index in [1.165, 1.54) is 14.2 Å². The Kier molecular flexibility index (Phi) is 4.05. The number of hydrogen-bond acceptors (Lipinski definition) is 4. The highest BCUT2D eigenvalue weighted by molar-refractivity contribution is 9.10. The lowest BCUT2D eigenvalue weighted by atomic mass is 10.1. The minimum atomic E-state index is -0.272. The van der Waals surface area contributed by atoms with E-state index in [1.807, 2.05) is 0 Å². The second-order valence-corrected chi connectivity index (χ2v) is 5.91. The van der Waals surface area contributed by atoms with E-state index < -0.39 is 0 Å². The fourth-order valence-electron chi connectivity index (χ4n) is 2.63. The molecule has 5 heteroatoms. The van der Waals surface area contributed by atoms with E-state index in [1.54, 1.807) is 42.5 Å². The predicted octanol–water partition coefficient (Wildman–Crippen LogP) is 3.93. The predicted molar refractivity (Wildman–Crippen MR) is 90.3 cm³/mol. The molecule has 0 fully saturated rings. The maximum absolute atomic E-state index is 12.5. The maximum Gasteiger partial charge on any atom is 0.197 e. The lowest BCUT2D eigenvalue weighted by Crippen LogP contribution is -2.01. The number of fused-ring (bicyclic) bond motifs is 1. The van der Waals surface area contributed by atoms with Gasteiger partial charge in [-0.05, 0) is 18.2 Å². The van der Waals surface area contributed by atoms with Gasteiger partial charge in [-0.1, -0.05) is 40.2 Å². The van der Waals surface area contributed by atoms with Gasteiger partial charge in [0.2, 0.25) is 0 Å². The molecule has 0 spiro atoms. The average Bonchev–Trinajstić information content (AvgIpc) is 2.80. The summed E-state index contributed by atoms with van der Waals surface area (Å²) in [6, 6.07) is 10.3. The molecule has 0 saturated heterocycles. The molecule has 1 aliphatic rings. The molecule has 0 aliphatic heterocycles. The van der Waals surface area contributed by atoms with Crippen LogP contribution in [0.3, 0.4) is 0 Å². The summed E-state index contributed by atoms with van der Waals surface area (Å²) < 4.78 is 11.4. The van der Waals surface area contributed by atoms with Crippen molar-refractivity contribution in [3.63, 3.8) is 0 Å². The van der Waals surface area contributed by atoms with Crippen LogP contribution in [0.15, 0.2) is 46.4 Å². The molecule has 0 N–H and O–H groups in total. The molecule has 0 bridgehead atoms. The molecule has 0 unspecified atom stereocenters. The van der Waals surface area contributed by atoms with Crippen molar-refractivity contribution in [3.8, 4) is 11.5 Å². The molecule has 2 aromatic carbocycles. The van der Waals surface area contributed by atoms with E-state index in [0.29, 0.717) is 28.2 Å². The number of halogens is 1. The maximum atomic E-state index is 12.5. The molecule has 4 nitrogen and oxygen atoms in total. The van der Waals surface area contributed by atoms with Gasteiger partial charge >= 0.3 is 0 Å². The summed E-state index contributed by atoms with van der Waals surface area (Å²) in [5.74, 6) is 0.446. The summed E-state index contributed by atoms with van der Waals surface area (Å²) in [6.45, 7) is 0. The van der Waals surface area contributed by atoms with Crippen molar-refractivity contribution in [2.24, 2.45) is 0 Å². The van der Waals surface area contributed by atoms with Gasteiger partial charge in [0.1, 0.15) is 0 Å². The summed E-state index contributed by atoms with van der Waals surface area (Å²) in [5, 5.41) is 0. The Morgan fingerprint density at radius 3 is 2.09 bits per heavy atom. The minimum Gasteiger partial charge on any atom is -0.493 e. The largest absolute Gasteiger partial charge is 0.493 e.